The quantitative estimate of drug-likeness (QED) is 0.328. The Labute approximate surface area is 162 Å². The zero-order chi connectivity index (χ0) is 20.7. The van der Waals surface area contributed by atoms with E-state index in [4.69, 9.17) is 10.8 Å². The fraction of sp³-hybridized carbons (Fsp3) is 0.474. The van der Waals surface area contributed by atoms with Crippen molar-refractivity contribution in [1.29, 1.82) is 10.8 Å². The van der Waals surface area contributed by atoms with Gasteiger partial charge in [-0.1, -0.05) is 0 Å². The fourth-order valence-corrected chi connectivity index (χ4v) is 3.57. The van der Waals surface area contributed by atoms with Crippen molar-refractivity contribution in [2.24, 2.45) is 5.92 Å². The van der Waals surface area contributed by atoms with Gasteiger partial charge >= 0.3 is 0 Å². The van der Waals surface area contributed by atoms with E-state index in [1.54, 1.807) is 0 Å². The Kier molecular flexibility index (Phi) is 7.51. The Morgan fingerprint density at radius 2 is 1.21 bits per heavy atom. The highest BCUT2D eigenvalue weighted by molar-refractivity contribution is 6.13. The van der Waals surface area contributed by atoms with Gasteiger partial charge in [-0.3, -0.25) is 29.0 Å². The smallest absolute Gasteiger partial charge is 0.253 e. The van der Waals surface area contributed by atoms with E-state index in [1.165, 1.54) is 24.3 Å². The maximum absolute atomic E-state index is 11.9. The summed E-state index contributed by atoms with van der Waals surface area (Å²) in [6.45, 7) is -0.199. The highest BCUT2D eigenvalue weighted by Gasteiger charge is 2.34. The van der Waals surface area contributed by atoms with E-state index < -0.39 is 35.7 Å². The van der Waals surface area contributed by atoms with Crippen LogP contribution in [0, 0.1) is 16.7 Å². The van der Waals surface area contributed by atoms with Crippen LogP contribution in [0.25, 0.3) is 0 Å². The van der Waals surface area contributed by atoms with Crippen molar-refractivity contribution in [2.75, 3.05) is 6.61 Å². The van der Waals surface area contributed by atoms with Gasteiger partial charge in [0.2, 0.25) is 0 Å². The average molecular weight is 388 g/mol. The maximum Gasteiger partial charge on any atom is 0.253 e. The lowest BCUT2D eigenvalue weighted by molar-refractivity contribution is -0.141. The van der Waals surface area contributed by atoms with Crippen molar-refractivity contribution >= 4 is 36.1 Å². The van der Waals surface area contributed by atoms with Crippen molar-refractivity contribution in [3.63, 3.8) is 0 Å². The number of nitrogens with zero attached hydrogens (tertiary/aromatic N) is 2. The Morgan fingerprint density at radius 3 is 1.64 bits per heavy atom. The van der Waals surface area contributed by atoms with E-state index >= 15 is 0 Å². The normalized spacial score (nSPS) is 19.5. The van der Waals surface area contributed by atoms with Crippen molar-refractivity contribution in [2.45, 2.75) is 44.2 Å². The summed E-state index contributed by atoms with van der Waals surface area (Å²) in [7, 11) is 0. The van der Waals surface area contributed by atoms with Crippen LogP contribution in [0.2, 0.25) is 0 Å². The number of amides is 4. The van der Waals surface area contributed by atoms with Crippen LogP contribution in [0.1, 0.15) is 32.1 Å². The highest BCUT2D eigenvalue weighted by atomic mass is 16.3. The van der Waals surface area contributed by atoms with Gasteiger partial charge in [0.15, 0.2) is 0 Å². The van der Waals surface area contributed by atoms with Crippen LogP contribution in [0.3, 0.4) is 0 Å². The summed E-state index contributed by atoms with van der Waals surface area (Å²) in [6, 6.07) is -1.03. The van der Waals surface area contributed by atoms with Crippen LogP contribution in [0.15, 0.2) is 24.3 Å². The highest BCUT2D eigenvalue weighted by Crippen LogP contribution is 2.24. The van der Waals surface area contributed by atoms with E-state index in [-0.39, 0.29) is 25.4 Å². The molecule has 0 aliphatic carbocycles. The summed E-state index contributed by atoms with van der Waals surface area (Å²) in [5.41, 5.74) is 0. The molecule has 2 rings (SSSR count). The third-order valence-electron chi connectivity index (χ3n) is 4.97. The van der Waals surface area contributed by atoms with Crippen molar-refractivity contribution in [3.8, 4) is 0 Å². The van der Waals surface area contributed by atoms with Gasteiger partial charge in [0.1, 0.15) is 0 Å². The number of carbonyl (C=O) groups is 4. The van der Waals surface area contributed by atoms with Crippen LogP contribution in [-0.2, 0) is 19.2 Å². The largest absolute Gasteiger partial charge is 0.396 e. The molecule has 9 nitrogen and oxygen atoms in total. The number of hydrogen-bond donors (Lipinski definition) is 3. The molecule has 3 unspecified atom stereocenters. The van der Waals surface area contributed by atoms with Crippen molar-refractivity contribution < 1.29 is 24.3 Å². The molecule has 4 amide bonds. The molecule has 0 radical (unpaired) electrons. The van der Waals surface area contributed by atoms with E-state index in [1.807, 2.05) is 0 Å². The van der Waals surface area contributed by atoms with Gasteiger partial charge in [-0.05, 0) is 37.6 Å². The summed E-state index contributed by atoms with van der Waals surface area (Å²) in [6.07, 6.45) is 8.56. The first-order valence-corrected chi connectivity index (χ1v) is 9.12. The molecule has 2 aliphatic rings. The minimum atomic E-state index is -0.539. The SMILES string of the molecule is N=CCC(CCC(CO)CC(CC=N)N1C(=O)C=CC1=O)N1C(=O)C=CC1=O. The zero-order valence-electron chi connectivity index (χ0n) is 15.4. The Hall–Kier alpha value is -2.94. The molecule has 0 fully saturated rings. The summed E-state index contributed by atoms with van der Waals surface area (Å²) in [5.74, 6) is -2.00. The van der Waals surface area contributed by atoms with Crippen molar-refractivity contribution in [1.82, 2.24) is 9.80 Å². The number of aliphatic hydroxyl groups is 1. The monoisotopic (exact) mass is 388 g/mol. The lowest BCUT2D eigenvalue weighted by atomic mass is 9.91. The molecule has 0 aromatic heterocycles. The van der Waals surface area contributed by atoms with Gasteiger partial charge in [-0.25, -0.2) is 0 Å². The number of hydrogen-bond acceptors (Lipinski definition) is 7. The molecule has 9 heteroatoms. The number of nitrogens with one attached hydrogen (secondary N) is 2. The molecule has 0 aromatic carbocycles. The lowest BCUT2D eigenvalue weighted by Gasteiger charge is -2.30. The van der Waals surface area contributed by atoms with E-state index in [2.05, 4.69) is 0 Å². The molecule has 2 aliphatic heterocycles. The molecule has 3 atom stereocenters. The molecule has 3 N–H and O–H groups in total. The van der Waals surface area contributed by atoms with Gasteiger partial charge in [-0.15, -0.1) is 0 Å². The molecule has 0 saturated heterocycles. The van der Waals surface area contributed by atoms with E-state index in [0.717, 1.165) is 22.2 Å². The topological polar surface area (TPSA) is 143 Å². The number of carbonyl (C=O) groups excluding carboxylic acids is 4. The average Bonchev–Trinajstić information content (AvgIpc) is 3.18. The number of imide groups is 2. The van der Waals surface area contributed by atoms with Crippen LogP contribution in [-0.4, -0.2) is 69.7 Å². The van der Waals surface area contributed by atoms with Gasteiger partial charge < -0.3 is 15.9 Å². The van der Waals surface area contributed by atoms with Gasteiger partial charge in [0, 0.05) is 55.8 Å². The summed E-state index contributed by atoms with van der Waals surface area (Å²) >= 11 is 0. The molecule has 2 heterocycles. The summed E-state index contributed by atoms with van der Waals surface area (Å²) in [5, 5.41) is 24.4. The molecule has 0 aromatic rings. The van der Waals surface area contributed by atoms with E-state index in [0.29, 0.717) is 19.3 Å². The van der Waals surface area contributed by atoms with Gasteiger partial charge in [0.05, 0.1) is 0 Å². The predicted molar refractivity (Wildman–Crippen MR) is 101 cm³/mol. The molecular formula is C19H24N4O5. The van der Waals surface area contributed by atoms with E-state index in [9.17, 15) is 24.3 Å². The minimum Gasteiger partial charge on any atom is -0.396 e. The minimum absolute atomic E-state index is 0.187. The number of aliphatic hydroxyl groups excluding tert-OH is 1. The van der Waals surface area contributed by atoms with Crippen LogP contribution < -0.4 is 0 Å². The zero-order valence-corrected chi connectivity index (χ0v) is 15.4. The third kappa shape index (κ3) is 4.86. The molecule has 28 heavy (non-hydrogen) atoms. The standard InChI is InChI=1S/C19H24N4O5/c20-9-7-14(22-16(25)3-4-17(22)26)2-1-13(12-24)11-15(8-10-21)23-18(27)5-6-19(23)28/h3-6,9-10,13-15,20-21,24H,1-2,7-8,11-12H2. The first-order chi connectivity index (χ1) is 13.4. The second-order valence-corrected chi connectivity index (χ2v) is 6.81. The molecule has 0 spiro atoms. The molecule has 150 valence electrons. The van der Waals surface area contributed by atoms with Crippen LogP contribution >= 0.6 is 0 Å². The Bertz CT molecular complexity index is 694. The summed E-state index contributed by atoms with van der Waals surface area (Å²) < 4.78 is 0. The lowest BCUT2D eigenvalue weighted by Crippen LogP contribution is -2.42. The second-order valence-electron chi connectivity index (χ2n) is 6.81. The van der Waals surface area contributed by atoms with Crippen molar-refractivity contribution in [3.05, 3.63) is 24.3 Å². The van der Waals surface area contributed by atoms with Gasteiger partial charge in [-0.2, -0.15) is 0 Å². The molecule has 0 bridgehead atoms. The predicted octanol–water partition coefficient (Wildman–Crippen LogP) is 0.432. The maximum atomic E-state index is 11.9. The third-order valence-corrected chi connectivity index (χ3v) is 4.97. The first-order valence-electron chi connectivity index (χ1n) is 9.12. The van der Waals surface area contributed by atoms with Crippen LogP contribution in [0.4, 0.5) is 0 Å². The molecule has 0 saturated carbocycles. The summed E-state index contributed by atoms with van der Waals surface area (Å²) in [4.78, 5) is 49.9. The number of rotatable bonds is 12. The Morgan fingerprint density at radius 1 is 0.786 bits per heavy atom. The first kappa shape index (κ1) is 21.4. The molecular weight excluding hydrogens is 364 g/mol. The fourth-order valence-electron chi connectivity index (χ4n) is 3.57. The second kappa shape index (κ2) is 9.84. The van der Waals surface area contributed by atoms with Gasteiger partial charge in [0.25, 0.3) is 23.6 Å². The van der Waals surface area contributed by atoms with Crippen LogP contribution in [0.5, 0.6) is 0 Å². The Balaban J connectivity index is 2.02.